The number of carboxylic acids is 1. The second kappa shape index (κ2) is 12.5. The summed E-state index contributed by atoms with van der Waals surface area (Å²) in [6.45, 7) is 2.77. The van der Waals surface area contributed by atoms with Gasteiger partial charge in [0.05, 0.1) is 13.2 Å². The van der Waals surface area contributed by atoms with Crippen LogP contribution in [0.3, 0.4) is 0 Å². The van der Waals surface area contributed by atoms with Crippen molar-refractivity contribution in [3.63, 3.8) is 0 Å². The molecular weight excluding hydrogens is 484 g/mol. The van der Waals surface area contributed by atoms with Gasteiger partial charge in [-0.15, -0.1) is 4.90 Å². The third kappa shape index (κ3) is 6.43. The molecule has 0 bridgehead atoms. The zero-order valence-electron chi connectivity index (χ0n) is 20.5. The van der Waals surface area contributed by atoms with E-state index in [1.807, 2.05) is 48.5 Å². The molecular formula is C26H28N2O9. The number of rotatable bonds is 9. The van der Waals surface area contributed by atoms with E-state index in [4.69, 9.17) is 14.2 Å². The van der Waals surface area contributed by atoms with Gasteiger partial charge in [-0.25, -0.2) is 19.2 Å². The first kappa shape index (κ1) is 27.2. The van der Waals surface area contributed by atoms with Crippen LogP contribution in [0, 0.1) is 0 Å². The fourth-order valence-electron chi connectivity index (χ4n) is 4.07. The van der Waals surface area contributed by atoms with Crippen LogP contribution in [0.15, 0.2) is 48.5 Å². The van der Waals surface area contributed by atoms with Gasteiger partial charge in [-0.2, -0.15) is 0 Å². The average molecular weight is 513 g/mol. The maximum Gasteiger partial charge on any atom is 0.426 e. The van der Waals surface area contributed by atoms with Crippen molar-refractivity contribution in [3.05, 3.63) is 59.7 Å². The summed E-state index contributed by atoms with van der Waals surface area (Å²) >= 11 is 0. The molecule has 11 nitrogen and oxygen atoms in total. The number of fused-ring (bicyclic) bond motifs is 3. The van der Waals surface area contributed by atoms with Crippen LogP contribution in [0.4, 0.5) is 14.4 Å². The van der Waals surface area contributed by atoms with Crippen molar-refractivity contribution in [2.24, 2.45) is 0 Å². The van der Waals surface area contributed by atoms with Gasteiger partial charge in [-0.1, -0.05) is 48.5 Å². The Kier molecular flexibility index (Phi) is 9.20. The number of nitrogens with one attached hydrogen (secondary N) is 1. The third-order valence-corrected chi connectivity index (χ3v) is 5.73. The minimum Gasteiger partial charge on any atom is -0.480 e. The average Bonchev–Trinajstić information content (AvgIpc) is 3.19. The first-order valence-electron chi connectivity index (χ1n) is 11.8. The van der Waals surface area contributed by atoms with Gasteiger partial charge < -0.3 is 24.6 Å². The Bertz CT molecular complexity index is 1120. The van der Waals surface area contributed by atoms with Crippen LogP contribution >= 0.6 is 0 Å². The summed E-state index contributed by atoms with van der Waals surface area (Å²) < 4.78 is 14.8. The second-order valence-corrected chi connectivity index (χ2v) is 8.03. The fraction of sp³-hybridized carbons (Fsp3) is 0.346. The third-order valence-electron chi connectivity index (χ3n) is 5.73. The fourth-order valence-corrected chi connectivity index (χ4v) is 4.07. The number of carbonyl (C=O) groups excluding carboxylic acids is 4. The Morgan fingerprint density at radius 1 is 0.865 bits per heavy atom. The van der Waals surface area contributed by atoms with Crippen molar-refractivity contribution in [1.82, 2.24) is 10.2 Å². The molecule has 2 aromatic carbocycles. The first-order valence-corrected chi connectivity index (χ1v) is 11.8. The number of alkyl carbamates (subject to hydrolysis) is 1. The van der Waals surface area contributed by atoms with Gasteiger partial charge in [-0.3, -0.25) is 4.79 Å². The molecule has 4 amide bonds. The lowest BCUT2D eigenvalue weighted by Gasteiger charge is -2.19. The van der Waals surface area contributed by atoms with E-state index in [0.29, 0.717) is 0 Å². The molecule has 0 radical (unpaired) electrons. The van der Waals surface area contributed by atoms with Crippen LogP contribution in [0.2, 0.25) is 0 Å². The molecule has 1 aliphatic carbocycles. The van der Waals surface area contributed by atoms with Gasteiger partial charge in [0.25, 0.3) is 0 Å². The maximum absolute atomic E-state index is 12.5. The summed E-state index contributed by atoms with van der Waals surface area (Å²) in [6.07, 6.45) is -4.41. The smallest absolute Gasteiger partial charge is 0.426 e. The Hall–Kier alpha value is -4.41. The predicted molar refractivity (Wildman–Crippen MR) is 130 cm³/mol. The first-order chi connectivity index (χ1) is 17.8. The number of imide groups is 3. The van der Waals surface area contributed by atoms with Crippen molar-refractivity contribution in [1.29, 1.82) is 0 Å². The van der Waals surface area contributed by atoms with E-state index in [9.17, 15) is 29.1 Å². The zero-order chi connectivity index (χ0) is 26.9. The standard InChI is InChI=1S/C26H28N2O9/c1-3-35-25(33)28(26(34)36-4-2)22(29)14-13-21(23(30)31)27-24(32)37-15-20-18-11-7-5-9-16(18)17-10-6-8-12-19(17)20/h5-12,20-21H,3-4,13-15H2,1-2H3,(H,27,32)(H,30,31). The summed E-state index contributed by atoms with van der Waals surface area (Å²) in [4.78, 5) is 60.9. The van der Waals surface area contributed by atoms with Gasteiger partial charge in [0, 0.05) is 12.3 Å². The van der Waals surface area contributed by atoms with Gasteiger partial charge in [0.1, 0.15) is 12.6 Å². The molecule has 0 saturated heterocycles. The molecule has 0 aliphatic heterocycles. The van der Waals surface area contributed by atoms with E-state index in [0.717, 1.165) is 22.3 Å². The van der Waals surface area contributed by atoms with Crippen molar-refractivity contribution in [3.8, 4) is 11.1 Å². The number of nitrogens with zero attached hydrogens (tertiary/aromatic N) is 1. The van der Waals surface area contributed by atoms with Gasteiger partial charge >= 0.3 is 24.2 Å². The summed E-state index contributed by atoms with van der Waals surface area (Å²) in [5, 5.41) is 11.7. The van der Waals surface area contributed by atoms with Gasteiger partial charge in [0.15, 0.2) is 0 Å². The Labute approximate surface area is 213 Å². The number of hydrogen-bond donors (Lipinski definition) is 2. The molecule has 0 heterocycles. The highest BCUT2D eigenvalue weighted by molar-refractivity contribution is 6.06. The van der Waals surface area contributed by atoms with E-state index in [2.05, 4.69) is 5.32 Å². The molecule has 196 valence electrons. The Morgan fingerprint density at radius 2 is 1.38 bits per heavy atom. The molecule has 1 unspecified atom stereocenters. The zero-order valence-corrected chi connectivity index (χ0v) is 20.5. The van der Waals surface area contributed by atoms with Crippen molar-refractivity contribution < 1.29 is 43.3 Å². The number of carbonyl (C=O) groups is 5. The number of benzene rings is 2. The van der Waals surface area contributed by atoms with Crippen molar-refractivity contribution in [2.75, 3.05) is 19.8 Å². The number of carboxylic acid groups (broad SMARTS) is 1. The molecule has 1 atom stereocenters. The van der Waals surface area contributed by atoms with E-state index in [-0.39, 0.29) is 30.6 Å². The van der Waals surface area contributed by atoms with Crippen molar-refractivity contribution in [2.45, 2.75) is 38.6 Å². The van der Waals surface area contributed by atoms with Crippen LogP contribution in [0.25, 0.3) is 11.1 Å². The number of aliphatic carboxylic acids is 1. The second-order valence-electron chi connectivity index (χ2n) is 8.03. The van der Waals surface area contributed by atoms with Crippen LogP contribution in [0.1, 0.15) is 43.7 Å². The summed E-state index contributed by atoms with van der Waals surface area (Å²) in [5.41, 5.74) is 4.08. The lowest BCUT2D eigenvalue weighted by molar-refractivity contribution is -0.139. The van der Waals surface area contributed by atoms with E-state index in [1.165, 1.54) is 13.8 Å². The number of ether oxygens (including phenoxy) is 3. The monoisotopic (exact) mass is 512 g/mol. The Balaban J connectivity index is 1.61. The minimum absolute atomic E-state index is 0.0232. The van der Waals surface area contributed by atoms with Crippen LogP contribution in [-0.2, 0) is 23.8 Å². The topological polar surface area (TPSA) is 149 Å². The summed E-state index contributed by atoms with van der Waals surface area (Å²) in [7, 11) is 0. The molecule has 1 aliphatic rings. The highest BCUT2D eigenvalue weighted by Crippen LogP contribution is 2.44. The molecule has 0 saturated carbocycles. The largest absolute Gasteiger partial charge is 0.480 e. The summed E-state index contributed by atoms with van der Waals surface area (Å²) in [6, 6.07) is 14.0. The van der Waals surface area contributed by atoms with Crippen LogP contribution < -0.4 is 5.32 Å². The van der Waals surface area contributed by atoms with E-state index in [1.54, 1.807) is 0 Å². The molecule has 2 aromatic rings. The molecule has 37 heavy (non-hydrogen) atoms. The van der Waals surface area contributed by atoms with Gasteiger partial charge in [0.2, 0.25) is 5.91 Å². The lowest BCUT2D eigenvalue weighted by atomic mass is 9.98. The molecule has 0 fully saturated rings. The molecule has 2 N–H and O–H groups in total. The quantitative estimate of drug-likeness (QED) is 0.477. The molecule has 0 aromatic heterocycles. The minimum atomic E-state index is -1.51. The number of hydrogen-bond acceptors (Lipinski definition) is 8. The van der Waals surface area contributed by atoms with E-state index < -0.39 is 49.0 Å². The predicted octanol–water partition coefficient (Wildman–Crippen LogP) is 3.90. The number of amides is 4. The molecule has 11 heteroatoms. The molecule has 0 spiro atoms. The normalized spacial score (nSPS) is 12.5. The van der Waals surface area contributed by atoms with Crippen LogP contribution in [0.5, 0.6) is 0 Å². The van der Waals surface area contributed by atoms with Gasteiger partial charge in [-0.05, 0) is 42.5 Å². The van der Waals surface area contributed by atoms with Crippen molar-refractivity contribution >= 4 is 30.2 Å². The SMILES string of the molecule is CCOC(=O)N(C(=O)CCC(NC(=O)OCC1c2ccccc2-c2ccccc21)C(=O)O)C(=O)OCC. The van der Waals surface area contributed by atoms with E-state index >= 15 is 0 Å². The van der Waals surface area contributed by atoms with Crippen LogP contribution in [-0.4, -0.2) is 66.0 Å². The molecule has 3 rings (SSSR count). The Morgan fingerprint density at radius 3 is 1.86 bits per heavy atom. The summed E-state index contributed by atoms with van der Waals surface area (Å²) in [5.74, 6) is -2.66. The highest BCUT2D eigenvalue weighted by atomic mass is 16.6. The maximum atomic E-state index is 12.5. The highest BCUT2D eigenvalue weighted by Gasteiger charge is 2.33. The lowest BCUT2D eigenvalue weighted by Crippen LogP contribution is -2.45.